The van der Waals surface area contributed by atoms with Gasteiger partial charge in [-0.2, -0.15) is 0 Å². The van der Waals surface area contributed by atoms with Crippen LogP contribution < -0.4 is 5.32 Å². The number of fused-ring (bicyclic) bond motifs is 1. The number of carbonyl (C=O) groups is 2. The summed E-state index contributed by atoms with van der Waals surface area (Å²) >= 11 is 1.42. The van der Waals surface area contributed by atoms with Crippen molar-refractivity contribution in [3.8, 4) is 0 Å². The van der Waals surface area contributed by atoms with Gasteiger partial charge in [-0.3, -0.25) is 9.59 Å². The molecule has 0 aliphatic carbocycles. The van der Waals surface area contributed by atoms with Gasteiger partial charge in [0.15, 0.2) is 0 Å². The molecule has 2 aromatic carbocycles. The zero-order chi connectivity index (χ0) is 17.8. The molecule has 5 heteroatoms. The van der Waals surface area contributed by atoms with E-state index >= 15 is 0 Å². The summed E-state index contributed by atoms with van der Waals surface area (Å²) in [5.41, 5.74) is 1.06. The number of nitrogens with one attached hydrogen (secondary N) is 1. The average molecular weight is 352 g/mol. The van der Waals surface area contributed by atoms with Crippen molar-refractivity contribution in [2.75, 3.05) is 13.6 Å². The lowest BCUT2D eigenvalue weighted by molar-refractivity contribution is -0.129. The summed E-state index contributed by atoms with van der Waals surface area (Å²) < 4.78 is 0. The first-order valence-electron chi connectivity index (χ1n) is 8.09. The van der Waals surface area contributed by atoms with Crippen molar-refractivity contribution in [2.45, 2.75) is 13.5 Å². The summed E-state index contributed by atoms with van der Waals surface area (Å²) in [4.78, 5) is 27.6. The van der Waals surface area contributed by atoms with Crippen molar-refractivity contribution in [3.63, 3.8) is 0 Å². The molecule has 25 heavy (non-hydrogen) atoms. The molecule has 0 unspecified atom stereocenters. The van der Waals surface area contributed by atoms with Gasteiger partial charge < -0.3 is 10.2 Å². The van der Waals surface area contributed by atoms with Crippen molar-refractivity contribution < 1.29 is 9.59 Å². The Hall–Kier alpha value is -2.66. The second kappa shape index (κ2) is 7.49. The van der Waals surface area contributed by atoms with Gasteiger partial charge in [-0.25, -0.2) is 0 Å². The molecule has 0 aliphatic heterocycles. The number of thiophene rings is 1. The van der Waals surface area contributed by atoms with E-state index in [-0.39, 0.29) is 18.4 Å². The van der Waals surface area contributed by atoms with E-state index in [1.807, 2.05) is 31.2 Å². The van der Waals surface area contributed by atoms with Crippen LogP contribution in [0.1, 0.15) is 20.1 Å². The van der Waals surface area contributed by atoms with Gasteiger partial charge in [0.05, 0.1) is 11.4 Å². The van der Waals surface area contributed by atoms with Crippen LogP contribution in [0.15, 0.2) is 54.6 Å². The van der Waals surface area contributed by atoms with Crippen LogP contribution in [0.4, 0.5) is 0 Å². The Kier molecular flexibility index (Phi) is 5.14. The Bertz CT molecular complexity index is 917. The van der Waals surface area contributed by atoms with E-state index in [1.165, 1.54) is 16.7 Å². The average Bonchev–Trinajstić information content (AvgIpc) is 3.05. The van der Waals surface area contributed by atoms with E-state index in [1.54, 1.807) is 18.0 Å². The fraction of sp³-hybridized carbons (Fsp3) is 0.200. The van der Waals surface area contributed by atoms with E-state index in [4.69, 9.17) is 0 Å². The molecule has 0 bridgehead atoms. The number of aryl methyl sites for hydroxylation is 1. The maximum Gasteiger partial charge on any atom is 0.261 e. The Morgan fingerprint density at radius 1 is 1.04 bits per heavy atom. The largest absolute Gasteiger partial charge is 0.342 e. The highest BCUT2D eigenvalue weighted by molar-refractivity contribution is 7.13. The maximum absolute atomic E-state index is 12.3. The molecule has 0 fully saturated rings. The lowest BCUT2D eigenvalue weighted by Gasteiger charge is -2.18. The Morgan fingerprint density at radius 2 is 1.80 bits per heavy atom. The molecule has 0 spiro atoms. The first-order valence-corrected chi connectivity index (χ1v) is 8.91. The highest BCUT2D eigenvalue weighted by Crippen LogP contribution is 2.17. The molecule has 128 valence electrons. The molecule has 4 nitrogen and oxygen atoms in total. The van der Waals surface area contributed by atoms with E-state index in [9.17, 15) is 9.59 Å². The minimum absolute atomic E-state index is 0.000137. The summed E-state index contributed by atoms with van der Waals surface area (Å²) in [5, 5.41) is 5.02. The number of hydrogen-bond donors (Lipinski definition) is 1. The molecule has 3 rings (SSSR count). The minimum atomic E-state index is -0.203. The molecular weight excluding hydrogens is 332 g/mol. The van der Waals surface area contributed by atoms with Gasteiger partial charge in [-0.15, -0.1) is 11.3 Å². The standard InChI is InChI=1S/C20H20N2O2S/c1-14-7-10-18(25-14)20(24)21-12-19(23)22(2)13-15-8-9-16-5-3-4-6-17(16)11-15/h3-11H,12-13H2,1-2H3,(H,21,24). The number of rotatable bonds is 5. The van der Waals surface area contributed by atoms with Crippen LogP contribution in [0, 0.1) is 6.92 Å². The van der Waals surface area contributed by atoms with Gasteiger partial charge in [-0.05, 0) is 41.5 Å². The molecule has 1 heterocycles. The van der Waals surface area contributed by atoms with Crippen LogP contribution in [-0.4, -0.2) is 30.3 Å². The third-order valence-electron chi connectivity index (χ3n) is 4.02. The Labute approximate surface area is 151 Å². The molecule has 1 N–H and O–H groups in total. The van der Waals surface area contributed by atoms with E-state index in [0.717, 1.165) is 15.8 Å². The Balaban J connectivity index is 1.57. The SMILES string of the molecule is Cc1ccc(C(=O)NCC(=O)N(C)Cc2ccc3ccccc3c2)s1. The highest BCUT2D eigenvalue weighted by Gasteiger charge is 2.13. The monoisotopic (exact) mass is 352 g/mol. The van der Waals surface area contributed by atoms with E-state index in [0.29, 0.717) is 11.4 Å². The lowest BCUT2D eigenvalue weighted by Crippen LogP contribution is -2.37. The molecule has 0 aliphatic rings. The summed E-state index contributed by atoms with van der Waals surface area (Å²) in [6, 6.07) is 18.0. The number of hydrogen-bond acceptors (Lipinski definition) is 3. The van der Waals surface area contributed by atoms with E-state index in [2.05, 4.69) is 29.6 Å². The molecule has 0 saturated carbocycles. The normalized spacial score (nSPS) is 10.6. The first-order chi connectivity index (χ1) is 12.0. The second-order valence-electron chi connectivity index (χ2n) is 6.02. The summed E-state index contributed by atoms with van der Waals surface area (Å²) in [7, 11) is 1.75. The number of likely N-dealkylation sites (N-methyl/N-ethyl adjacent to an activating group) is 1. The van der Waals surface area contributed by atoms with Crippen LogP contribution in [0.3, 0.4) is 0 Å². The predicted octanol–water partition coefficient (Wildman–Crippen LogP) is 3.60. The first kappa shape index (κ1) is 17.2. The molecule has 2 amide bonds. The van der Waals surface area contributed by atoms with E-state index < -0.39 is 0 Å². The third-order valence-corrected chi connectivity index (χ3v) is 5.02. The number of nitrogens with zero attached hydrogens (tertiary/aromatic N) is 1. The van der Waals surface area contributed by atoms with Crippen LogP contribution >= 0.6 is 11.3 Å². The van der Waals surface area contributed by atoms with Crippen LogP contribution in [-0.2, 0) is 11.3 Å². The summed E-state index contributed by atoms with van der Waals surface area (Å²) in [6.45, 7) is 2.46. The molecule has 3 aromatic rings. The van der Waals surface area contributed by atoms with Crippen molar-refractivity contribution in [1.29, 1.82) is 0 Å². The van der Waals surface area contributed by atoms with Crippen molar-refractivity contribution in [1.82, 2.24) is 10.2 Å². The quantitative estimate of drug-likeness (QED) is 0.763. The van der Waals surface area contributed by atoms with Crippen molar-refractivity contribution in [2.24, 2.45) is 0 Å². The minimum Gasteiger partial charge on any atom is -0.342 e. The van der Waals surface area contributed by atoms with Gasteiger partial charge in [0.1, 0.15) is 0 Å². The van der Waals surface area contributed by atoms with Gasteiger partial charge in [-0.1, -0.05) is 36.4 Å². The zero-order valence-corrected chi connectivity index (χ0v) is 15.1. The number of amides is 2. The predicted molar refractivity (Wildman–Crippen MR) is 102 cm³/mol. The smallest absolute Gasteiger partial charge is 0.261 e. The van der Waals surface area contributed by atoms with Gasteiger partial charge in [0.2, 0.25) is 5.91 Å². The highest BCUT2D eigenvalue weighted by atomic mass is 32.1. The maximum atomic E-state index is 12.3. The molecule has 0 radical (unpaired) electrons. The third kappa shape index (κ3) is 4.25. The van der Waals surface area contributed by atoms with Gasteiger partial charge >= 0.3 is 0 Å². The molecular formula is C20H20N2O2S. The van der Waals surface area contributed by atoms with Crippen molar-refractivity contribution >= 4 is 33.9 Å². The Morgan fingerprint density at radius 3 is 2.52 bits per heavy atom. The van der Waals surface area contributed by atoms with Gasteiger partial charge in [0, 0.05) is 18.5 Å². The van der Waals surface area contributed by atoms with Gasteiger partial charge in [0.25, 0.3) is 5.91 Å². The van der Waals surface area contributed by atoms with Crippen molar-refractivity contribution in [3.05, 3.63) is 69.9 Å². The number of benzene rings is 2. The molecule has 0 atom stereocenters. The lowest BCUT2D eigenvalue weighted by atomic mass is 10.1. The van der Waals surface area contributed by atoms with Crippen LogP contribution in [0.25, 0.3) is 10.8 Å². The molecule has 1 aromatic heterocycles. The topological polar surface area (TPSA) is 49.4 Å². The summed E-state index contributed by atoms with van der Waals surface area (Å²) in [6.07, 6.45) is 0. The fourth-order valence-electron chi connectivity index (χ4n) is 2.63. The molecule has 0 saturated heterocycles. The van der Waals surface area contributed by atoms with Crippen LogP contribution in [0.5, 0.6) is 0 Å². The zero-order valence-electron chi connectivity index (χ0n) is 14.3. The second-order valence-corrected chi connectivity index (χ2v) is 7.31. The fourth-order valence-corrected chi connectivity index (χ4v) is 3.42. The number of carbonyl (C=O) groups excluding carboxylic acids is 2. The van der Waals surface area contributed by atoms with Crippen LogP contribution in [0.2, 0.25) is 0 Å². The summed E-state index contributed by atoms with van der Waals surface area (Å²) in [5.74, 6) is -0.319.